The van der Waals surface area contributed by atoms with Crippen LogP contribution in [0.3, 0.4) is 0 Å². The smallest absolute Gasteiger partial charge is 0.275 e. The Balaban J connectivity index is 2.15. The Morgan fingerprint density at radius 1 is 1.48 bits per heavy atom. The maximum atomic E-state index is 12.3. The van der Waals surface area contributed by atoms with Crippen molar-refractivity contribution in [3.8, 4) is 0 Å². The van der Waals surface area contributed by atoms with E-state index in [-0.39, 0.29) is 17.4 Å². The van der Waals surface area contributed by atoms with Crippen LogP contribution in [-0.4, -0.2) is 20.8 Å². The number of hydrogen-bond donors (Lipinski definition) is 1. The summed E-state index contributed by atoms with van der Waals surface area (Å²) in [5.41, 5.74) is 0.374. The lowest BCUT2D eigenvalue weighted by Gasteiger charge is -2.13. The van der Waals surface area contributed by atoms with Crippen molar-refractivity contribution in [1.29, 1.82) is 0 Å². The average Bonchev–Trinajstić information content (AvgIpc) is 3.05. The summed E-state index contributed by atoms with van der Waals surface area (Å²) in [5, 5.41) is 10.8. The molecule has 0 saturated carbocycles. The zero-order valence-electron chi connectivity index (χ0n) is 13.2. The van der Waals surface area contributed by atoms with Crippen LogP contribution >= 0.6 is 0 Å². The van der Waals surface area contributed by atoms with Crippen molar-refractivity contribution in [2.24, 2.45) is 0 Å². The Bertz CT molecular complexity index is 622. The topological polar surface area (TPSA) is 73.0 Å². The molecule has 114 valence electrons. The van der Waals surface area contributed by atoms with Gasteiger partial charge in [0.05, 0.1) is 0 Å². The molecule has 2 heterocycles. The average molecular weight is 290 g/mol. The van der Waals surface area contributed by atoms with Crippen molar-refractivity contribution in [3.05, 3.63) is 29.8 Å². The molecule has 0 aliphatic rings. The molecule has 2 aromatic heterocycles. The molecule has 0 saturated heterocycles. The Hall–Kier alpha value is -2.11. The van der Waals surface area contributed by atoms with Crippen LogP contribution in [0.5, 0.6) is 0 Å². The van der Waals surface area contributed by atoms with Crippen molar-refractivity contribution in [1.82, 2.24) is 14.9 Å². The molecule has 21 heavy (non-hydrogen) atoms. The zero-order chi connectivity index (χ0) is 15.6. The molecular weight excluding hydrogens is 268 g/mol. The molecule has 1 amide bonds. The lowest BCUT2D eigenvalue weighted by molar-refractivity contribution is 0.101. The van der Waals surface area contributed by atoms with Gasteiger partial charge in [-0.25, -0.2) is 0 Å². The summed E-state index contributed by atoms with van der Waals surface area (Å²) in [6.07, 6.45) is 2.53. The van der Waals surface area contributed by atoms with Crippen LogP contribution in [-0.2, 0) is 5.41 Å². The first kappa shape index (κ1) is 15.3. The molecule has 0 aliphatic carbocycles. The summed E-state index contributed by atoms with van der Waals surface area (Å²) >= 11 is 0. The number of nitrogens with zero attached hydrogens (tertiary/aromatic N) is 3. The van der Waals surface area contributed by atoms with Crippen molar-refractivity contribution in [2.75, 3.05) is 5.32 Å². The maximum Gasteiger partial charge on any atom is 0.275 e. The Morgan fingerprint density at radius 2 is 2.19 bits per heavy atom. The number of rotatable bonds is 4. The van der Waals surface area contributed by atoms with Crippen LogP contribution in [0.25, 0.3) is 0 Å². The third kappa shape index (κ3) is 3.32. The number of amides is 1. The van der Waals surface area contributed by atoms with E-state index in [1.807, 2.05) is 27.7 Å². The summed E-state index contributed by atoms with van der Waals surface area (Å²) in [7, 11) is 0. The molecule has 0 spiro atoms. The first-order chi connectivity index (χ1) is 9.82. The van der Waals surface area contributed by atoms with Gasteiger partial charge in [-0.2, -0.15) is 5.10 Å². The van der Waals surface area contributed by atoms with Crippen molar-refractivity contribution >= 4 is 11.7 Å². The minimum Gasteiger partial charge on any atom is -0.359 e. The summed E-state index contributed by atoms with van der Waals surface area (Å²) in [6, 6.07) is 3.62. The first-order valence-corrected chi connectivity index (χ1v) is 7.15. The molecule has 0 aromatic carbocycles. The van der Waals surface area contributed by atoms with Crippen LogP contribution in [0.2, 0.25) is 0 Å². The van der Waals surface area contributed by atoms with Gasteiger partial charge >= 0.3 is 0 Å². The van der Waals surface area contributed by atoms with Gasteiger partial charge in [-0.1, -0.05) is 32.9 Å². The predicted molar refractivity (Wildman–Crippen MR) is 80.4 cm³/mol. The zero-order valence-corrected chi connectivity index (χ0v) is 13.2. The monoisotopic (exact) mass is 290 g/mol. The molecule has 0 aliphatic heterocycles. The van der Waals surface area contributed by atoms with E-state index in [0.29, 0.717) is 11.5 Å². The van der Waals surface area contributed by atoms with Gasteiger partial charge in [0.1, 0.15) is 11.5 Å². The fourth-order valence-electron chi connectivity index (χ4n) is 1.89. The van der Waals surface area contributed by atoms with E-state index < -0.39 is 0 Å². The van der Waals surface area contributed by atoms with E-state index in [2.05, 4.69) is 22.5 Å². The molecule has 6 nitrogen and oxygen atoms in total. The van der Waals surface area contributed by atoms with Crippen LogP contribution in [0.1, 0.15) is 63.3 Å². The Kier molecular flexibility index (Phi) is 4.16. The minimum atomic E-state index is -0.235. The number of carbonyl (C=O) groups is 1. The molecule has 2 aromatic rings. The Labute approximate surface area is 124 Å². The van der Waals surface area contributed by atoms with Gasteiger partial charge in [0, 0.05) is 23.7 Å². The lowest BCUT2D eigenvalue weighted by atomic mass is 9.93. The van der Waals surface area contributed by atoms with Gasteiger partial charge in [-0.3, -0.25) is 9.48 Å². The van der Waals surface area contributed by atoms with E-state index in [1.165, 1.54) is 0 Å². The fraction of sp³-hybridized carbons (Fsp3) is 0.533. The number of nitrogens with one attached hydrogen (secondary N) is 1. The van der Waals surface area contributed by atoms with E-state index in [9.17, 15) is 4.79 Å². The SMILES string of the molecule is CCC(C)n1nccc1C(=O)Nc1cc(C(C)(C)C)on1. The second kappa shape index (κ2) is 5.71. The lowest BCUT2D eigenvalue weighted by Crippen LogP contribution is -2.20. The third-order valence-corrected chi connectivity index (χ3v) is 3.40. The second-order valence-electron chi connectivity index (χ2n) is 6.20. The highest BCUT2D eigenvalue weighted by atomic mass is 16.5. The highest BCUT2D eigenvalue weighted by Crippen LogP contribution is 2.24. The van der Waals surface area contributed by atoms with Gasteiger partial charge in [0.15, 0.2) is 5.82 Å². The first-order valence-electron chi connectivity index (χ1n) is 7.15. The summed E-state index contributed by atoms with van der Waals surface area (Å²) in [4.78, 5) is 12.3. The highest BCUT2D eigenvalue weighted by molar-refractivity contribution is 6.02. The van der Waals surface area contributed by atoms with E-state index in [0.717, 1.165) is 12.2 Å². The van der Waals surface area contributed by atoms with Gasteiger partial charge in [0.2, 0.25) is 0 Å². The van der Waals surface area contributed by atoms with Crippen molar-refractivity contribution < 1.29 is 9.32 Å². The molecule has 0 radical (unpaired) electrons. The van der Waals surface area contributed by atoms with E-state index in [1.54, 1.807) is 23.0 Å². The minimum absolute atomic E-state index is 0.144. The summed E-state index contributed by atoms with van der Waals surface area (Å²) < 4.78 is 6.98. The van der Waals surface area contributed by atoms with E-state index in [4.69, 9.17) is 4.52 Å². The largest absolute Gasteiger partial charge is 0.359 e. The molecule has 1 unspecified atom stereocenters. The molecular formula is C15H22N4O2. The fourth-order valence-corrected chi connectivity index (χ4v) is 1.89. The second-order valence-corrected chi connectivity index (χ2v) is 6.20. The normalized spacial score (nSPS) is 13.2. The molecule has 0 fully saturated rings. The molecule has 6 heteroatoms. The van der Waals surface area contributed by atoms with Crippen LogP contribution in [0.4, 0.5) is 5.82 Å². The molecule has 1 N–H and O–H groups in total. The molecule has 0 bridgehead atoms. The van der Waals surface area contributed by atoms with Gasteiger partial charge in [-0.15, -0.1) is 0 Å². The number of aromatic nitrogens is 3. The summed E-state index contributed by atoms with van der Waals surface area (Å²) in [6.45, 7) is 10.2. The number of carbonyl (C=O) groups excluding carboxylic acids is 1. The van der Waals surface area contributed by atoms with Crippen LogP contribution < -0.4 is 5.32 Å². The standard InChI is InChI=1S/C15H22N4O2/c1-6-10(2)19-11(7-8-16-19)14(20)17-13-9-12(21-18-13)15(3,4)5/h7-10H,6H2,1-5H3,(H,17,18,20). The quantitative estimate of drug-likeness (QED) is 0.936. The number of hydrogen-bond acceptors (Lipinski definition) is 4. The van der Waals surface area contributed by atoms with Gasteiger partial charge in [0.25, 0.3) is 5.91 Å². The summed E-state index contributed by atoms with van der Waals surface area (Å²) in [5.74, 6) is 0.914. The van der Waals surface area contributed by atoms with Gasteiger partial charge < -0.3 is 9.84 Å². The van der Waals surface area contributed by atoms with E-state index >= 15 is 0 Å². The maximum absolute atomic E-state index is 12.3. The van der Waals surface area contributed by atoms with Crippen LogP contribution in [0.15, 0.2) is 22.9 Å². The van der Waals surface area contributed by atoms with Gasteiger partial charge in [-0.05, 0) is 19.4 Å². The van der Waals surface area contributed by atoms with Crippen LogP contribution in [0, 0.1) is 0 Å². The van der Waals surface area contributed by atoms with Crippen molar-refractivity contribution in [3.63, 3.8) is 0 Å². The highest BCUT2D eigenvalue weighted by Gasteiger charge is 2.21. The Morgan fingerprint density at radius 3 is 2.76 bits per heavy atom. The molecule has 2 rings (SSSR count). The third-order valence-electron chi connectivity index (χ3n) is 3.40. The van der Waals surface area contributed by atoms with Crippen molar-refractivity contribution in [2.45, 2.75) is 52.5 Å². The molecule has 1 atom stereocenters. The predicted octanol–water partition coefficient (Wildman–Crippen LogP) is 3.39. The number of anilines is 1.